The molecular formula is C26H30BrN3O6S. The lowest BCUT2D eigenvalue weighted by Gasteiger charge is -2.31. The fourth-order valence-electron chi connectivity index (χ4n) is 4.73. The summed E-state index contributed by atoms with van der Waals surface area (Å²) >= 11 is 3.42. The molecule has 0 radical (unpaired) electrons. The highest BCUT2D eigenvalue weighted by Gasteiger charge is 2.36. The third-order valence-electron chi connectivity index (χ3n) is 6.65. The summed E-state index contributed by atoms with van der Waals surface area (Å²) in [7, 11) is -3.93. The fourth-order valence-corrected chi connectivity index (χ4v) is 7.33. The molecule has 1 atom stereocenters. The van der Waals surface area contributed by atoms with Gasteiger partial charge in [0.05, 0.1) is 23.0 Å². The molecule has 2 aliphatic heterocycles. The molecule has 2 aromatic rings. The molecule has 0 aromatic heterocycles. The first-order valence-corrected chi connectivity index (χ1v) is 14.6. The number of piperidine rings is 1. The number of rotatable bonds is 7. The maximum atomic E-state index is 13.7. The molecule has 2 aliphatic rings. The van der Waals surface area contributed by atoms with Crippen molar-refractivity contribution in [1.82, 2.24) is 4.31 Å². The van der Waals surface area contributed by atoms with Gasteiger partial charge in [-0.3, -0.25) is 9.59 Å². The number of sulfonamides is 1. The molecule has 1 saturated heterocycles. The number of hydrogen-bond acceptors (Lipinski definition) is 6. The molecule has 0 bridgehead atoms. The Morgan fingerprint density at radius 1 is 1.14 bits per heavy atom. The molecule has 2 heterocycles. The van der Waals surface area contributed by atoms with E-state index in [9.17, 15) is 22.8 Å². The molecule has 0 aliphatic carbocycles. The van der Waals surface area contributed by atoms with Gasteiger partial charge in [0.15, 0.2) is 0 Å². The Kier molecular flexibility index (Phi) is 8.35. The third-order valence-corrected chi connectivity index (χ3v) is 9.47. The van der Waals surface area contributed by atoms with Crippen molar-refractivity contribution >= 4 is 55.1 Å². The van der Waals surface area contributed by atoms with E-state index in [1.54, 1.807) is 49.1 Å². The number of carbonyl (C=O) groups is 3. The monoisotopic (exact) mass is 591 g/mol. The van der Waals surface area contributed by atoms with Crippen molar-refractivity contribution in [3.05, 3.63) is 52.0 Å². The van der Waals surface area contributed by atoms with Crippen LogP contribution < -0.4 is 10.2 Å². The van der Waals surface area contributed by atoms with Gasteiger partial charge in [-0.25, -0.2) is 13.2 Å². The van der Waals surface area contributed by atoms with Crippen molar-refractivity contribution in [3.63, 3.8) is 0 Å². The molecule has 9 nitrogen and oxygen atoms in total. The topological polar surface area (TPSA) is 113 Å². The molecule has 4 rings (SSSR count). The summed E-state index contributed by atoms with van der Waals surface area (Å²) in [4.78, 5) is 39.2. The van der Waals surface area contributed by atoms with Crippen LogP contribution in [0.1, 0.15) is 49.0 Å². The van der Waals surface area contributed by atoms with Crippen LogP contribution in [0.3, 0.4) is 0 Å². The van der Waals surface area contributed by atoms with Crippen molar-refractivity contribution in [2.24, 2.45) is 5.92 Å². The van der Waals surface area contributed by atoms with E-state index in [0.29, 0.717) is 60.2 Å². The summed E-state index contributed by atoms with van der Waals surface area (Å²) in [6.45, 7) is 4.60. The lowest BCUT2D eigenvalue weighted by Crippen LogP contribution is -2.43. The van der Waals surface area contributed by atoms with Crippen LogP contribution in [0.25, 0.3) is 0 Å². The maximum Gasteiger partial charge on any atom is 0.338 e. The molecular weight excluding hydrogens is 562 g/mol. The van der Waals surface area contributed by atoms with Crippen LogP contribution in [0.4, 0.5) is 11.4 Å². The Morgan fingerprint density at radius 2 is 1.92 bits per heavy atom. The van der Waals surface area contributed by atoms with Crippen LogP contribution in [-0.4, -0.2) is 56.7 Å². The predicted molar refractivity (Wildman–Crippen MR) is 143 cm³/mol. The van der Waals surface area contributed by atoms with Gasteiger partial charge in [0.2, 0.25) is 21.8 Å². The Morgan fingerprint density at radius 3 is 2.65 bits per heavy atom. The Hall–Kier alpha value is -2.76. The Balaban J connectivity index is 1.52. The molecule has 198 valence electrons. The number of anilines is 2. The normalized spacial score (nSPS) is 17.8. The molecule has 2 amide bonds. The van der Waals surface area contributed by atoms with E-state index in [2.05, 4.69) is 21.2 Å². The average Bonchev–Trinajstić information content (AvgIpc) is 3.30. The maximum absolute atomic E-state index is 13.7. The average molecular weight is 593 g/mol. The minimum atomic E-state index is -3.93. The highest BCUT2D eigenvalue weighted by molar-refractivity contribution is 9.10. The minimum Gasteiger partial charge on any atom is -0.462 e. The van der Waals surface area contributed by atoms with Gasteiger partial charge < -0.3 is 15.0 Å². The first-order chi connectivity index (χ1) is 17.6. The van der Waals surface area contributed by atoms with Gasteiger partial charge in [-0.2, -0.15) is 4.31 Å². The minimum absolute atomic E-state index is 0.0346. The second-order valence-electron chi connectivity index (χ2n) is 9.05. The van der Waals surface area contributed by atoms with Crippen molar-refractivity contribution in [1.29, 1.82) is 0 Å². The van der Waals surface area contributed by atoms with E-state index in [0.717, 1.165) is 5.56 Å². The molecule has 11 heteroatoms. The van der Waals surface area contributed by atoms with Gasteiger partial charge in [-0.05, 0) is 78.0 Å². The number of hydrogen-bond donors (Lipinski definition) is 1. The van der Waals surface area contributed by atoms with Crippen LogP contribution >= 0.6 is 15.9 Å². The first kappa shape index (κ1) is 27.3. The Bertz CT molecular complexity index is 1330. The van der Waals surface area contributed by atoms with Gasteiger partial charge in [0, 0.05) is 41.9 Å². The number of benzene rings is 2. The molecule has 2 aromatic carbocycles. The van der Waals surface area contributed by atoms with E-state index in [-0.39, 0.29) is 29.9 Å². The van der Waals surface area contributed by atoms with Crippen LogP contribution in [0.5, 0.6) is 0 Å². The van der Waals surface area contributed by atoms with Crippen LogP contribution in [0.15, 0.2) is 45.8 Å². The van der Waals surface area contributed by atoms with Crippen LogP contribution in [0.2, 0.25) is 0 Å². The first-order valence-electron chi connectivity index (χ1n) is 12.4. The second kappa shape index (κ2) is 11.3. The van der Waals surface area contributed by atoms with E-state index in [1.807, 2.05) is 0 Å². The molecule has 1 N–H and O–H groups in total. The zero-order valence-corrected chi connectivity index (χ0v) is 23.2. The second-order valence-corrected chi connectivity index (χ2v) is 11.8. The lowest BCUT2D eigenvalue weighted by atomic mass is 9.98. The summed E-state index contributed by atoms with van der Waals surface area (Å²) in [6.07, 6.45) is 2.08. The summed E-state index contributed by atoms with van der Waals surface area (Å²) in [5.41, 5.74) is 2.32. The van der Waals surface area contributed by atoms with E-state index < -0.39 is 21.9 Å². The standard InChI is InChI=1S/C26H30BrN3O6S/c1-3-24(31)30-12-10-17-14-21(27)23(15-22(17)30)37(34,35)29-11-6-8-19(16-29)25(32)28-20-9-5-7-18(13-20)26(33)36-4-2/h5,7,9,13-15,19H,3-4,6,8,10-12,16H2,1-2H3,(H,28,32). The lowest BCUT2D eigenvalue weighted by molar-refractivity contribution is -0.121. The summed E-state index contributed by atoms with van der Waals surface area (Å²) < 4.78 is 34.1. The molecule has 1 unspecified atom stereocenters. The van der Waals surface area contributed by atoms with Crippen LogP contribution in [0, 0.1) is 5.92 Å². The van der Waals surface area contributed by atoms with Gasteiger partial charge in [-0.1, -0.05) is 13.0 Å². The largest absolute Gasteiger partial charge is 0.462 e. The highest BCUT2D eigenvalue weighted by atomic mass is 79.9. The third kappa shape index (κ3) is 5.73. The predicted octanol–water partition coefficient (Wildman–Crippen LogP) is 3.96. The van der Waals surface area contributed by atoms with Crippen molar-refractivity contribution in [2.45, 2.75) is 44.4 Å². The zero-order valence-electron chi connectivity index (χ0n) is 20.8. The highest BCUT2D eigenvalue weighted by Crippen LogP contribution is 2.37. The molecule has 37 heavy (non-hydrogen) atoms. The SMILES string of the molecule is CCOC(=O)c1cccc(NC(=O)C2CCCN(S(=O)(=O)c3cc4c(cc3Br)CCN4C(=O)CC)C2)c1. The smallest absolute Gasteiger partial charge is 0.338 e. The summed E-state index contributed by atoms with van der Waals surface area (Å²) in [5, 5.41) is 2.81. The fraction of sp³-hybridized carbons (Fsp3) is 0.423. The number of nitrogens with one attached hydrogen (secondary N) is 1. The summed E-state index contributed by atoms with van der Waals surface area (Å²) in [6, 6.07) is 9.81. The number of carbonyl (C=O) groups excluding carboxylic acids is 3. The van der Waals surface area contributed by atoms with Crippen LogP contribution in [-0.2, 0) is 30.8 Å². The van der Waals surface area contributed by atoms with Gasteiger partial charge in [0.1, 0.15) is 0 Å². The van der Waals surface area contributed by atoms with Crippen molar-refractivity contribution in [2.75, 3.05) is 36.5 Å². The molecule has 0 spiro atoms. The van der Waals surface area contributed by atoms with E-state index in [4.69, 9.17) is 4.74 Å². The van der Waals surface area contributed by atoms with Gasteiger partial charge in [-0.15, -0.1) is 0 Å². The number of halogens is 1. The number of esters is 1. The number of fused-ring (bicyclic) bond motifs is 1. The number of ether oxygens (including phenoxy) is 1. The zero-order chi connectivity index (χ0) is 26.7. The van der Waals surface area contributed by atoms with Crippen molar-refractivity contribution < 1.29 is 27.5 Å². The quantitative estimate of drug-likeness (QED) is 0.487. The van der Waals surface area contributed by atoms with E-state index in [1.165, 1.54) is 10.4 Å². The van der Waals surface area contributed by atoms with E-state index >= 15 is 0 Å². The summed E-state index contributed by atoms with van der Waals surface area (Å²) in [5.74, 6) is -1.39. The number of nitrogens with zero attached hydrogens (tertiary/aromatic N) is 2. The van der Waals surface area contributed by atoms with Gasteiger partial charge in [0.25, 0.3) is 0 Å². The Labute approximate surface area is 225 Å². The number of amides is 2. The van der Waals surface area contributed by atoms with Gasteiger partial charge >= 0.3 is 5.97 Å². The molecule has 1 fully saturated rings. The van der Waals surface area contributed by atoms with Crippen molar-refractivity contribution in [3.8, 4) is 0 Å². The molecule has 0 saturated carbocycles.